The second-order valence-corrected chi connectivity index (χ2v) is 6.73. The highest BCUT2D eigenvalue weighted by Gasteiger charge is 2.21. The molecule has 0 aliphatic carbocycles. The van der Waals surface area contributed by atoms with Gasteiger partial charge in [-0.2, -0.15) is 5.10 Å². The maximum absolute atomic E-state index is 4.39. The molecule has 1 aromatic rings. The van der Waals surface area contributed by atoms with Gasteiger partial charge in [0.2, 0.25) is 0 Å². The average Bonchev–Trinajstić information content (AvgIpc) is 3.06. The van der Waals surface area contributed by atoms with E-state index in [-0.39, 0.29) is 24.0 Å². The quantitative estimate of drug-likeness (QED) is 0.340. The third kappa shape index (κ3) is 7.30. The lowest BCUT2D eigenvalue weighted by Gasteiger charge is -2.34. The zero-order valence-electron chi connectivity index (χ0n) is 16.7. The summed E-state index contributed by atoms with van der Waals surface area (Å²) in [6.07, 6.45) is 7.59. The van der Waals surface area contributed by atoms with Gasteiger partial charge in [-0.1, -0.05) is 13.8 Å². The summed E-state index contributed by atoms with van der Waals surface area (Å²) in [4.78, 5) is 9.26. The van der Waals surface area contributed by atoms with E-state index in [0.29, 0.717) is 6.04 Å². The number of hydrogen-bond donors (Lipinski definition) is 2. The van der Waals surface area contributed by atoms with E-state index in [4.69, 9.17) is 0 Å². The molecule has 26 heavy (non-hydrogen) atoms. The fourth-order valence-electron chi connectivity index (χ4n) is 3.37. The van der Waals surface area contributed by atoms with Gasteiger partial charge in [-0.25, -0.2) is 0 Å². The number of aliphatic imine (C=N–C) groups is 1. The summed E-state index contributed by atoms with van der Waals surface area (Å²) < 4.78 is 1.86. The molecule has 150 valence electrons. The molecule has 1 aromatic heterocycles. The zero-order chi connectivity index (χ0) is 18.1. The van der Waals surface area contributed by atoms with Gasteiger partial charge in [0.25, 0.3) is 0 Å². The van der Waals surface area contributed by atoms with Crippen LogP contribution < -0.4 is 15.5 Å². The number of nitrogens with zero attached hydrogens (tertiary/aromatic N) is 5. The molecule has 0 aromatic carbocycles. The van der Waals surface area contributed by atoms with Crippen molar-refractivity contribution in [2.24, 2.45) is 12.0 Å². The first-order valence-corrected chi connectivity index (χ1v) is 9.59. The van der Waals surface area contributed by atoms with Gasteiger partial charge in [-0.05, 0) is 32.4 Å². The van der Waals surface area contributed by atoms with Gasteiger partial charge in [0.15, 0.2) is 5.96 Å². The summed E-state index contributed by atoms with van der Waals surface area (Å²) in [5.74, 6) is 0.908. The first kappa shape index (κ1) is 23.0. The number of aromatic nitrogens is 2. The van der Waals surface area contributed by atoms with Crippen LogP contribution in [0.1, 0.15) is 33.1 Å². The van der Waals surface area contributed by atoms with Crippen molar-refractivity contribution in [2.45, 2.75) is 39.2 Å². The first-order valence-electron chi connectivity index (χ1n) is 9.59. The Labute approximate surface area is 175 Å². The van der Waals surface area contributed by atoms with E-state index in [0.717, 1.165) is 45.2 Å². The predicted molar refractivity (Wildman–Crippen MR) is 121 cm³/mol. The Morgan fingerprint density at radius 3 is 2.81 bits per heavy atom. The molecular formula is C18H36IN7. The summed E-state index contributed by atoms with van der Waals surface area (Å²) in [6.45, 7) is 10.8. The Bertz CT molecular complexity index is 531. The molecule has 0 bridgehead atoms. The van der Waals surface area contributed by atoms with Crippen molar-refractivity contribution in [1.29, 1.82) is 0 Å². The molecule has 8 heteroatoms. The molecule has 1 saturated heterocycles. The monoisotopic (exact) mass is 477 g/mol. The third-order valence-electron chi connectivity index (χ3n) is 4.75. The summed E-state index contributed by atoms with van der Waals surface area (Å²) >= 11 is 0. The highest BCUT2D eigenvalue weighted by molar-refractivity contribution is 14.0. The lowest BCUT2D eigenvalue weighted by atomic mass is 10.1. The Hall–Kier alpha value is -1.03. The lowest BCUT2D eigenvalue weighted by molar-refractivity contribution is 0.292. The molecule has 0 spiro atoms. The lowest BCUT2D eigenvalue weighted by Crippen LogP contribution is -2.52. The van der Waals surface area contributed by atoms with E-state index in [1.54, 1.807) is 0 Å². The van der Waals surface area contributed by atoms with Gasteiger partial charge < -0.3 is 20.4 Å². The number of aryl methyl sites for hydroxylation is 1. The topological polar surface area (TPSA) is 60.7 Å². The van der Waals surface area contributed by atoms with E-state index < -0.39 is 0 Å². The maximum atomic E-state index is 4.39. The van der Waals surface area contributed by atoms with E-state index in [9.17, 15) is 0 Å². The molecule has 1 fully saturated rings. The molecule has 1 atom stereocenters. The van der Waals surface area contributed by atoms with Crippen LogP contribution in [0.2, 0.25) is 0 Å². The van der Waals surface area contributed by atoms with Crippen molar-refractivity contribution < 1.29 is 0 Å². The van der Waals surface area contributed by atoms with Crippen molar-refractivity contribution in [3.8, 4) is 0 Å². The van der Waals surface area contributed by atoms with Crippen LogP contribution in [0.4, 0.5) is 5.69 Å². The Kier molecular flexibility index (Phi) is 11.0. The number of nitrogens with one attached hydrogen (secondary N) is 2. The molecule has 1 unspecified atom stereocenters. The molecule has 1 aliphatic heterocycles. The van der Waals surface area contributed by atoms with Crippen molar-refractivity contribution in [3.63, 3.8) is 0 Å². The number of piperidine rings is 1. The van der Waals surface area contributed by atoms with Crippen LogP contribution in [-0.2, 0) is 7.05 Å². The van der Waals surface area contributed by atoms with Crippen LogP contribution in [0.5, 0.6) is 0 Å². The number of halogens is 1. The maximum Gasteiger partial charge on any atom is 0.191 e. The normalized spacial score (nSPS) is 18.0. The molecule has 2 rings (SSSR count). The van der Waals surface area contributed by atoms with Gasteiger partial charge in [0, 0.05) is 52.5 Å². The third-order valence-corrected chi connectivity index (χ3v) is 4.75. The van der Waals surface area contributed by atoms with E-state index >= 15 is 0 Å². The minimum atomic E-state index is 0. The predicted octanol–water partition coefficient (Wildman–Crippen LogP) is 1.90. The molecule has 2 heterocycles. The van der Waals surface area contributed by atoms with Crippen LogP contribution >= 0.6 is 24.0 Å². The molecule has 0 radical (unpaired) electrons. The van der Waals surface area contributed by atoms with Crippen molar-refractivity contribution >= 4 is 35.6 Å². The number of anilines is 1. The summed E-state index contributed by atoms with van der Waals surface area (Å²) in [5, 5.41) is 11.3. The molecule has 1 aliphatic rings. The number of guanidine groups is 1. The van der Waals surface area contributed by atoms with Gasteiger partial charge in [0.05, 0.1) is 11.9 Å². The molecule has 2 N–H and O–H groups in total. The molecule has 0 amide bonds. The van der Waals surface area contributed by atoms with Crippen LogP contribution in [-0.4, -0.2) is 73.0 Å². The Morgan fingerprint density at radius 2 is 2.19 bits per heavy atom. The SMILES string of the molecule is CCCN(CC)CCNC(=NC)NC1CCCN(c2cnn(C)c2)C1.I. The van der Waals surface area contributed by atoms with Crippen molar-refractivity contribution in [3.05, 3.63) is 12.4 Å². The summed E-state index contributed by atoms with van der Waals surface area (Å²) in [6, 6.07) is 0.415. The van der Waals surface area contributed by atoms with Gasteiger partial charge in [-0.3, -0.25) is 9.67 Å². The second kappa shape index (κ2) is 12.4. The van der Waals surface area contributed by atoms with E-state index in [1.165, 1.54) is 24.9 Å². The Balaban J connectivity index is 0.00000338. The fraction of sp³-hybridized carbons (Fsp3) is 0.778. The Morgan fingerprint density at radius 1 is 1.38 bits per heavy atom. The number of likely N-dealkylation sites (N-methyl/N-ethyl adjacent to an activating group) is 1. The summed E-state index contributed by atoms with van der Waals surface area (Å²) in [7, 11) is 3.81. The molecular weight excluding hydrogens is 441 g/mol. The van der Waals surface area contributed by atoms with Gasteiger partial charge in [0.1, 0.15) is 0 Å². The fourth-order valence-corrected chi connectivity index (χ4v) is 3.37. The number of rotatable bonds is 8. The first-order chi connectivity index (χ1) is 12.2. The van der Waals surface area contributed by atoms with Gasteiger partial charge >= 0.3 is 0 Å². The van der Waals surface area contributed by atoms with E-state index in [1.807, 2.05) is 25.0 Å². The minimum absolute atomic E-state index is 0. The van der Waals surface area contributed by atoms with Crippen LogP contribution in [0.15, 0.2) is 17.4 Å². The van der Waals surface area contributed by atoms with E-state index in [2.05, 4.69) is 50.6 Å². The molecule has 0 saturated carbocycles. The van der Waals surface area contributed by atoms with Gasteiger partial charge in [-0.15, -0.1) is 24.0 Å². The average molecular weight is 477 g/mol. The smallest absolute Gasteiger partial charge is 0.191 e. The summed E-state index contributed by atoms with van der Waals surface area (Å²) in [5.41, 5.74) is 1.20. The van der Waals surface area contributed by atoms with Crippen LogP contribution in [0.3, 0.4) is 0 Å². The standard InChI is InChI=1S/C18H35N7.HI/c1-5-10-24(6-2)12-9-20-18(19-3)22-16-8-7-11-25(14-16)17-13-21-23(4)15-17;/h13,15-16H,5-12,14H2,1-4H3,(H2,19,20,22);1H. The van der Waals surface area contributed by atoms with Crippen molar-refractivity contribution in [2.75, 3.05) is 51.2 Å². The highest BCUT2D eigenvalue weighted by Crippen LogP contribution is 2.18. The number of hydrogen-bond acceptors (Lipinski definition) is 4. The van der Waals surface area contributed by atoms with Crippen molar-refractivity contribution in [1.82, 2.24) is 25.3 Å². The largest absolute Gasteiger partial charge is 0.367 e. The minimum Gasteiger partial charge on any atom is -0.367 e. The molecule has 7 nitrogen and oxygen atoms in total. The zero-order valence-corrected chi connectivity index (χ0v) is 19.1. The second-order valence-electron chi connectivity index (χ2n) is 6.73. The van der Waals surface area contributed by atoms with Crippen LogP contribution in [0, 0.1) is 0 Å². The highest BCUT2D eigenvalue weighted by atomic mass is 127. The van der Waals surface area contributed by atoms with Crippen LogP contribution in [0.25, 0.3) is 0 Å².